The van der Waals surface area contributed by atoms with E-state index in [1.165, 1.54) is 10.9 Å². The number of carbonyl (C=O) groups excluding carboxylic acids is 2. The third-order valence-corrected chi connectivity index (χ3v) is 1.95. The Kier molecular flexibility index (Phi) is 3.37. The van der Waals surface area contributed by atoms with Gasteiger partial charge in [-0.3, -0.25) is 10.0 Å². The molecule has 2 amide bonds. The summed E-state index contributed by atoms with van der Waals surface area (Å²) in [6.07, 6.45) is -1.05. The molecule has 0 spiro atoms. The molecular weight excluding hydrogens is 210 g/mol. The Morgan fingerprint density at radius 1 is 1.71 bits per heavy atom. The van der Waals surface area contributed by atoms with Crippen LogP contribution in [0.4, 0.5) is 4.79 Å². The first-order valence-electron chi connectivity index (χ1n) is 3.46. The van der Waals surface area contributed by atoms with Gasteiger partial charge in [0.05, 0.1) is 12.1 Å². The Bertz CT molecular complexity index is 351. The van der Waals surface area contributed by atoms with Crippen LogP contribution in [0.1, 0.15) is 5.69 Å². The molecule has 1 heterocycles. The van der Waals surface area contributed by atoms with Gasteiger partial charge < -0.3 is 10.5 Å². The van der Waals surface area contributed by atoms with Gasteiger partial charge in [0, 0.05) is 5.38 Å². The van der Waals surface area contributed by atoms with Crippen LogP contribution < -0.4 is 16.0 Å². The Hall–Kier alpha value is -1.67. The van der Waals surface area contributed by atoms with Crippen molar-refractivity contribution in [2.45, 2.75) is 6.42 Å². The molecule has 0 atom stereocenters. The minimum Gasteiger partial charge on any atom is -0.381 e. The highest BCUT2D eigenvalue weighted by atomic mass is 32.1. The van der Waals surface area contributed by atoms with Crippen LogP contribution in [-0.2, 0) is 11.2 Å². The Labute approximate surface area is 82.5 Å². The van der Waals surface area contributed by atoms with Crippen molar-refractivity contribution >= 4 is 23.3 Å². The molecule has 4 N–H and O–H groups in total. The van der Waals surface area contributed by atoms with Crippen molar-refractivity contribution in [3.63, 3.8) is 0 Å². The highest BCUT2D eigenvalue weighted by Gasteiger charge is 2.08. The third kappa shape index (κ3) is 2.99. The van der Waals surface area contributed by atoms with Crippen molar-refractivity contribution < 1.29 is 19.5 Å². The summed E-state index contributed by atoms with van der Waals surface area (Å²) in [5, 5.41) is 9.81. The van der Waals surface area contributed by atoms with E-state index in [0.29, 0.717) is 5.69 Å². The number of ether oxygens (including phenoxy) is 1. The topological polar surface area (TPSA) is 115 Å². The predicted octanol–water partition coefficient (Wildman–Crippen LogP) is -0.351. The quantitative estimate of drug-likeness (QED) is 0.472. The first-order chi connectivity index (χ1) is 6.61. The van der Waals surface area contributed by atoms with Crippen LogP contribution in [0, 0.1) is 0 Å². The molecular formula is C6H7N3O4S. The van der Waals surface area contributed by atoms with E-state index < -0.39 is 12.0 Å². The summed E-state index contributed by atoms with van der Waals surface area (Å²) in [6, 6.07) is 0. The first kappa shape index (κ1) is 10.4. The van der Waals surface area contributed by atoms with Crippen LogP contribution in [0.5, 0.6) is 5.19 Å². The van der Waals surface area contributed by atoms with Gasteiger partial charge >= 0.3 is 6.09 Å². The lowest BCUT2D eigenvalue weighted by Gasteiger charge is -1.94. The van der Waals surface area contributed by atoms with Crippen molar-refractivity contribution in [2.75, 3.05) is 0 Å². The van der Waals surface area contributed by atoms with Crippen LogP contribution >= 0.6 is 11.3 Å². The molecule has 0 fully saturated rings. The lowest BCUT2D eigenvalue weighted by Crippen LogP contribution is -2.21. The van der Waals surface area contributed by atoms with Gasteiger partial charge in [-0.25, -0.2) is 15.3 Å². The maximum atomic E-state index is 10.7. The summed E-state index contributed by atoms with van der Waals surface area (Å²) in [7, 11) is 0. The highest BCUT2D eigenvalue weighted by molar-refractivity contribution is 7.11. The van der Waals surface area contributed by atoms with Crippen molar-refractivity contribution in [1.82, 2.24) is 10.5 Å². The van der Waals surface area contributed by atoms with Crippen molar-refractivity contribution in [3.05, 3.63) is 11.1 Å². The molecule has 0 aliphatic heterocycles. The van der Waals surface area contributed by atoms with Gasteiger partial charge in [-0.2, -0.15) is 0 Å². The maximum Gasteiger partial charge on any atom is 0.411 e. The van der Waals surface area contributed by atoms with E-state index in [1.807, 2.05) is 0 Å². The minimum atomic E-state index is -0.961. The highest BCUT2D eigenvalue weighted by Crippen LogP contribution is 2.18. The molecule has 1 rings (SSSR count). The molecule has 1 aromatic rings. The zero-order valence-electron chi connectivity index (χ0n) is 6.89. The predicted molar refractivity (Wildman–Crippen MR) is 46.0 cm³/mol. The number of thiazole rings is 1. The largest absolute Gasteiger partial charge is 0.411 e. The molecule has 1 aromatic heterocycles. The molecule has 76 valence electrons. The van der Waals surface area contributed by atoms with Crippen LogP contribution in [0.15, 0.2) is 5.38 Å². The number of carbonyl (C=O) groups is 2. The van der Waals surface area contributed by atoms with E-state index in [2.05, 4.69) is 9.72 Å². The average Bonchev–Trinajstić information content (AvgIpc) is 2.51. The lowest BCUT2D eigenvalue weighted by atomic mass is 10.3. The molecule has 0 bridgehead atoms. The van der Waals surface area contributed by atoms with Crippen LogP contribution in [0.25, 0.3) is 0 Å². The molecule has 14 heavy (non-hydrogen) atoms. The van der Waals surface area contributed by atoms with E-state index in [0.717, 1.165) is 11.3 Å². The second-order valence-corrected chi connectivity index (χ2v) is 3.06. The van der Waals surface area contributed by atoms with E-state index in [4.69, 9.17) is 10.9 Å². The molecule has 0 aromatic carbocycles. The van der Waals surface area contributed by atoms with E-state index in [1.54, 1.807) is 0 Å². The van der Waals surface area contributed by atoms with Crippen molar-refractivity contribution in [2.24, 2.45) is 5.73 Å². The SMILES string of the molecule is NC(=O)Oc1nc(CC(=O)NO)cs1. The van der Waals surface area contributed by atoms with E-state index in [9.17, 15) is 9.59 Å². The van der Waals surface area contributed by atoms with Gasteiger partial charge in [0.2, 0.25) is 5.91 Å². The number of nitrogens with zero attached hydrogens (tertiary/aromatic N) is 1. The van der Waals surface area contributed by atoms with Gasteiger partial charge in [0.25, 0.3) is 5.19 Å². The second kappa shape index (κ2) is 4.53. The maximum absolute atomic E-state index is 10.7. The van der Waals surface area contributed by atoms with Gasteiger partial charge in [0.1, 0.15) is 0 Å². The number of rotatable bonds is 3. The van der Waals surface area contributed by atoms with Crippen LogP contribution in [0.3, 0.4) is 0 Å². The molecule has 0 radical (unpaired) electrons. The average molecular weight is 217 g/mol. The Morgan fingerprint density at radius 3 is 3.00 bits per heavy atom. The smallest absolute Gasteiger partial charge is 0.381 e. The fourth-order valence-electron chi connectivity index (χ4n) is 0.707. The van der Waals surface area contributed by atoms with Gasteiger partial charge in [-0.1, -0.05) is 11.3 Å². The Balaban J connectivity index is 2.59. The number of hydrogen-bond donors (Lipinski definition) is 3. The molecule has 0 saturated heterocycles. The van der Waals surface area contributed by atoms with Crippen molar-refractivity contribution in [3.8, 4) is 5.19 Å². The number of primary amides is 1. The molecule has 0 saturated carbocycles. The monoisotopic (exact) mass is 217 g/mol. The number of nitrogens with two attached hydrogens (primary N) is 1. The zero-order chi connectivity index (χ0) is 10.6. The summed E-state index contributed by atoms with van der Waals surface area (Å²) >= 11 is 1.03. The Morgan fingerprint density at radius 2 is 2.43 bits per heavy atom. The molecule has 0 aliphatic rings. The van der Waals surface area contributed by atoms with Crippen molar-refractivity contribution in [1.29, 1.82) is 0 Å². The van der Waals surface area contributed by atoms with Gasteiger partial charge in [0.15, 0.2) is 0 Å². The summed E-state index contributed by atoms with van der Waals surface area (Å²) in [5.41, 5.74) is 6.59. The molecule has 7 nitrogen and oxygen atoms in total. The van der Waals surface area contributed by atoms with E-state index in [-0.39, 0.29) is 11.6 Å². The standard InChI is InChI=1S/C6H7N3O4S/c7-5(11)13-6-8-3(2-14-6)1-4(10)9-12/h2,12H,1H2,(H2,7,11)(H,9,10). The van der Waals surface area contributed by atoms with Gasteiger partial charge in [-0.15, -0.1) is 0 Å². The summed E-state index contributed by atoms with van der Waals surface area (Å²) < 4.78 is 4.46. The first-order valence-corrected chi connectivity index (χ1v) is 4.34. The summed E-state index contributed by atoms with van der Waals surface area (Å²) in [5.74, 6) is -0.596. The summed E-state index contributed by atoms with van der Waals surface area (Å²) in [6.45, 7) is 0. The number of nitrogens with one attached hydrogen (secondary N) is 1. The fraction of sp³-hybridized carbons (Fsp3) is 0.167. The number of aromatic nitrogens is 1. The summed E-state index contributed by atoms with van der Waals surface area (Å²) in [4.78, 5) is 24.7. The fourth-order valence-corrected chi connectivity index (χ4v) is 1.38. The molecule has 0 aliphatic carbocycles. The normalized spacial score (nSPS) is 9.50. The van der Waals surface area contributed by atoms with Crippen LogP contribution in [-0.4, -0.2) is 22.2 Å². The van der Waals surface area contributed by atoms with Gasteiger partial charge in [-0.05, 0) is 0 Å². The zero-order valence-corrected chi connectivity index (χ0v) is 7.71. The van der Waals surface area contributed by atoms with E-state index >= 15 is 0 Å². The number of hydroxylamine groups is 1. The van der Waals surface area contributed by atoms with Crippen LogP contribution in [0.2, 0.25) is 0 Å². The number of hydrogen-bond acceptors (Lipinski definition) is 6. The molecule has 0 unspecified atom stereocenters. The third-order valence-electron chi connectivity index (χ3n) is 1.18. The lowest BCUT2D eigenvalue weighted by molar-refractivity contribution is -0.128. The molecule has 8 heteroatoms. The minimum absolute atomic E-state index is 0.0678. The second-order valence-electron chi connectivity index (χ2n) is 2.24. The number of amides is 2.